The summed E-state index contributed by atoms with van der Waals surface area (Å²) >= 11 is 1.84. The highest BCUT2D eigenvalue weighted by Gasteiger charge is 2.03. The lowest BCUT2D eigenvalue weighted by Gasteiger charge is -1.94. The van der Waals surface area contributed by atoms with Crippen LogP contribution in [0.2, 0.25) is 0 Å². The van der Waals surface area contributed by atoms with Crippen LogP contribution in [0, 0.1) is 6.92 Å². The van der Waals surface area contributed by atoms with Crippen LogP contribution in [0.4, 0.5) is 0 Å². The van der Waals surface area contributed by atoms with Gasteiger partial charge in [0.25, 0.3) is 0 Å². The number of ether oxygens (including phenoxy) is 1. The van der Waals surface area contributed by atoms with Gasteiger partial charge in [-0.3, -0.25) is 0 Å². The molecule has 1 aromatic heterocycles. The van der Waals surface area contributed by atoms with Gasteiger partial charge in [0.05, 0.1) is 6.61 Å². The monoisotopic (exact) mass is 185 g/mol. The van der Waals surface area contributed by atoms with Crippen LogP contribution in [0.1, 0.15) is 15.3 Å². The zero-order valence-electron chi connectivity index (χ0n) is 7.81. The van der Waals surface area contributed by atoms with E-state index >= 15 is 0 Å². The maximum Gasteiger partial charge on any atom is 0.0723 e. The van der Waals surface area contributed by atoms with Crippen LogP contribution in [0.25, 0.3) is 0 Å². The summed E-state index contributed by atoms with van der Waals surface area (Å²) in [5.74, 6) is 0. The van der Waals surface area contributed by atoms with Crippen molar-refractivity contribution in [3.8, 4) is 0 Å². The van der Waals surface area contributed by atoms with Gasteiger partial charge in [0.2, 0.25) is 0 Å². The lowest BCUT2D eigenvalue weighted by atomic mass is 10.2. The third-order valence-corrected chi connectivity index (χ3v) is 2.82. The van der Waals surface area contributed by atoms with Gasteiger partial charge in [-0.25, -0.2) is 0 Å². The molecule has 0 amide bonds. The van der Waals surface area contributed by atoms with E-state index in [1.54, 1.807) is 7.11 Å². The normalized spacial score (nSPS) is 10.6. The average molecular weight is 185 g/mol. The SMILES string of the molecule is CNCc1cc(COC)c(C)s1. The Bertz CT molecular complexity index is 245. The van der Waals surface area contributed by atoms with Crippen molar-refractivity contribution in [2.45, 2.75) is 20.1 Å². The van der Waals surface area contributed by atoms with Gasteiger partial charge in [-0.1, -0.05) is 0 Å². The lowest BCUT2D eigenvalue weighted by Crippen LogP contribution is -2.02. The summed E-state index contributed by atoms with van der Waals surface area (Å²) in [6.45, 7) is 3.82. The molecule has 1 aromatic rings. The molecule has 0 radical (unpaired) electrons. The molecule has 3 heteroatoms. The van der Waals surface area contributed by atoms with E-state index in [1.807, 2.05) is 18.4 Å². The number of hydrogen-bond donors (Lipinski definition) is 1. The molecule has 0 aliphatic rings. The Morgan fingerprint density at radius 3 is 2.92 bits per heavy atom. The minimum atomic E-state index is 0.728. The third-order valence-electron chi connectivity index (χ3n) is 1.72. The van der Waals surface area contributed by atoms with Crippen LogP contribution >= 0.6 is 11.3 Å². The minimum absolute atomic E-state index is 0.728. The fourth-order valence-corrected chi connectivity index (χ4v) is 2.21. The van der Waals surface area contributed by atoms with Crippen molar-refractivity contribution in [1.29, 1.82) is 0 Å². The summed E-state index contributed by atoms with van der Waals surface area (Å²) in [6, 6.07) is 2.21. The van der Waals surface area contributed by atoms with Crippen molar-refractivity contribution in [3.63, 3.8) is 0 Å². The Hall–Kier alpha value is -0.380. The van der Waals surface area contributed by atoms with E-state index in [0.29, 0.717) is 0 Å². The number of methoxy groups -OCH3 is 1. The predicted molar refractivity (Wildman–Crippen MR) is 52.5 cm³/mol. The molecule has 0 spiro atoms. The van der Waals surface area contributed by atoms with E-state index in [-0.39, 0.29) is 0 Å². The van der Waals surface area contributed by atoms with E-state index in [2.05, 4.69) is 18.3 Å². The first kappa shape index (κ1) is 9.71. The number of aryl methyl sites for hydroxylation is 1. The Balaban J connectivity index is 2.70. The quantitative estimate of drug-likeness (QED) is 0.774. The van der Waals surface area contributed by atoms with Gasteiger partial charge < -0.3 is 10.1 Å². The molecule has 1 N–H and O–H groups in total. The van der Waals surface area contributed by atoms with Crippen LogP contribution in [-0.2, 0) is 17.9 Å². The average Bonchev–Trinajstić information content (AvgIpc) is 2.34. The highest BCUT2D eigenvalue weighted by molar-refractivity contribution is 7.12. The Morgan fingerprint density at radius 2 is 2.33 bits per heavy atom. The van der Waals surface area contributed by atoms with Crippen molar-refractivity contribution in [2.75, 3.05) is 14.2 Å². The van der Waals surface area contributed by atoms with E-state index in [1.165, 1.54) is 15.3 Å². The van der Waals surface area contributed by atoms with Gasteiger partial charge in [0, 0.05) is 23.4 Å². The lowest BCUT2D eigenvalue weighted by molar-refractivity contribution is 0.185. The largest absolute Gasteiger partial charge is 0.380 e. The summed E-state index contributed by atoms with van der Waals surface area (Å²) in [4.78, 5) is 2.74. The molecular formula is C9H15NOS. The Labute approximate surface area is 77.6 Å². The van der Waals surface area contributed by atoms with Gasteiger partial charge in [-0.05, 0) is 25.6 Å². The molecule has 0 aromatic carbocycles. The molecule has 2 nitrogen and oxygen atoms in total. The number of nitrogens with one attached hydrogen (secondary N) is 1. The van der Waals surface area contributed by atoms with Crippen LogP contribution in [0.3, 0.4) is 0 Å². The fourth-order valence-electron chi connectivity index (χ4n) is 1.15. The van der Waals surface area contributed by atoms with Crippen molar-refractivity contribution in [1.82, 2.24) is 5.32 Å². The molecule has 0 fully saturated rings. The first-order valence-corrected chi connectivity index (χ1v) is 4.81. The van der Waals surface area contributed by atoms with Gasteiger partial charge >= 0.3 is 0 Å². The molecule has 0 atom stereocenters. The highest BCUT2D eigenvalue weighted by atomic mass is 32.1. The van der Waals surface area contributed by atoms with E-state index < -0.39 is 0 Å². The smallest absolute Gasteiger partial charge is 0.0723 e. The third kappa shape index (κ3) is 2.30. The van der Waals surface area contributed by atoms with Gasteiger partial charge in [0.1, 0.15) is 0 Å². The topological polar surface area (TPSA) is 21.3 Å². The Kier molecular flexibility index (Phi) is 3.72. The second-order valence-corrected chi connectivity index (χ2v) is 4.10. The van der Waals surface area contributed by atoms with Gasteiger partial charge in [-0.2, -0.15) is 0 Å². The van der Waals surface area contributed by atoms with Gasteiger partial charge in [0.15, 0.2) is 0 Å². The summed E-state index contributed by atoms with van der Waals surface area (Å²) in [5.41, 5.74) is 1.31. The van der Waals surface area contributed by atoms with Gasteiger partial charge in [-0.15, -0.1) is 11.3 Å². The number of rotatable bonds is 4. The van der Waals surface area contributed by atoms with E-state index in [9.17, 15) is 0 Å². The standard InChI is InChI=1S/C9H15NOS/c1-7-8(6-11-3)4-9(12-7)5-10-2/h4,10H,5-6H2,1-3H3. The van der Waals surface area contributed by atoms with Crippen LogP contribution < -0.4 is 5.32 Å². The molecular weight excluding hydrogens is 170 g/mol. The maximum absolute atomic E-state index is 5.09. The zero-order valence-corrected chi connectivity index (χ0v) is 8.62. The van der Waals surface area contributed by atoms with E-state index in [4.69, 9.17) is 4.74 Å². The molecule has 0 aliphatic carbocycles. The molecule has 0 aliphatic heterocycles. The molecule has 0 bridgehead atoms. The maximum atomic E-state index is 5.09. The molecule has 12 heavy (non-hydrogen) atoms. The molecule has 0 unspecified atom stereocenters. The molecule has 1 rings (SSSR count). The second-order valence-electron chi connectivity index (χ2n) is 2.76. The van der Waals surface area contributed by atoms with Crippen LogP contribution in [0.15, 0.2) is 6.07 Å². The van der Waals surface area contributed by atoms with Crippen LogP contribution in [0.5, 0.6) is 0 Å². The highest BCUT2D eigenvalue weighted by Crippen LogP contribution is 2.21. The summed E-state index contributed by atoms with van der Waals surface area (Å²) in [6.07, 6.45) is 0. The van der Waals surface area contributed by atoms with E-state index in [0.717, 1.165) is 13.2 Å². The first-order valence-electron chi connectivity index (χ1n) is 3.99. The molecule has 0 saturated heterocycles. The first-order chi connectivity index (χ1) is 5.77. The summed E-state index contributed by atoms with van der Waals surface area (Å²) in [7, 11) is 3.69. The zero-order chi connectivity index (χ0) is 8.97. The molecule has 1 heterocycles. The van der Waals surface area contributed by atoms with Crippen molar-refractivity contribution >= 4 is 11.3 Å². The molecule has 0 saturated carbocycles. The second kappa shape index (κ2) is 4.60. The van der Waals surface area contributed by atoms with Crippen LogP contribution in [-0.4, -0.2) is 14.2 Å². The number of hydrogen-bond acceptors (Lipinski definition) is 3. The van der Waals surface area contributed by atoms with Crippen molar-refractivity contribution in [3.05, 3.63) is 21.4 Å². The van der Waals surface area contributed by atoms with Crippen molar-refractivity contribution in [2.24, 2.45) is 0 Å². The fraction of sp³-hybridized carbons (Fsp3) is 0.556. The van der Waals surface area contributed by atoms with Crippen molar-refractivity contribution < 1.29 is 4.74 Å². The minimum Gasteiger partial charge on any atom is -0.380 e. The summed E-state index contributed by atoms with van der Waals surface area (Å²) < 4.78 is 5.09. The predicted octanol–water partition coefficient (Wildman–Crippen LogP) is 1.92. The Morgan fingerprint density at radius 1 is 1.58 bits per heavy atom. The number of thiophene rings is 1. The summed E-state index contributed by atoms with van der Waals surface area (Å²) in [5, 5.41) is 3.14. The molecule has 68 valence electrons.